The number of methoxy groups -OCH3 is 1. The normalized spacial score (nSPS) is 11.0. The molecule has 150 valence electrons. The molecule has 4 nitrogen and oxygen atoms in total. The summed E-state index contributed by atoms with van der Waals surface area (Å²) in [5.41, 5.74) is 2.14. The third kappa shape index (κ3) is 5.14. The third-order valence-electron chi connectivity index (χ3n) is 4.13. The Morgan fingerprint density at radius 3 is 2.23 bits per heavy atom. The summed E-state index contributed by atoms with van der Waals surface area (Å²) in [7, 11) is 1.46. The molecule has 7 heteroatoms. The van der Waals surface area contributed by atoms with Gasteiger partial charge in [0.05, 0.1) is 34.4 Å². The van der Waals surface area contributed by atoms with E-state index < -0.39 is 5.97 Å². The first kappa shape index (κ1) is 21.7. The minimum atomic E-state index is -0.603. The predicted octanol–water partition coefficient (Wildman–Crippen LogP) is 6.94. The summed E-state index contributed by atoms with van der Waals surface area (Å²) >= 11 is 17.7. The van der Waals surface area contributed by atoms with Crippen molar-refractivity contribution in [2.24, 2.45) is 0 Å². The number of nitrogens with zero attached hydrogens (tertiary/aromatic N) is 1. The molecular formula is C23H14Cl3NO3. The fraction of sp³-hybridized carbons (Fsp3) is 0.0435. The maximum absolute atomic E-state index is 12.4. The van der Waals surface area contributed by atoms with E-state index in [4.69, 9.17) is 44.3 Å². The zero-order valence-electron chi connectivity index (χ0n) is 15.7. The molecule has 0 amide bonds. The topological polar surface area (TPSA) is 59.3 Å². The predicted molar refractivity (Wildman–Crippen MR) is 119 cm³/mol. The molecule has 0 aliphatic rings. The molecule has 0 aliphatic heterocycles. The summed E-state index contributed by atoms with van der Waals surface area (Å²) in [6, 6.07) is 18.6. The number of esters is 1. The number of carbonyl (C=O) groups excluding carboxylic acids is 1. The molecule has 0 radical (unpaired) electrons. The Labute approximate surface area is 188 Å². The molecule has 0 aromatic heterocycles. The molecule has 0 N–H and O–H groups in total. The lowest BCUT2D eigenvalue weighted by Gasteiger charge is -2.11. The van der Waals surface area contributed by atoms with Crippen molar-refractivity contribution in [2.75, 3.05) is 7.11 Å². The van der Waals surface area contributed by atoms with Gasteiger partial charge >= 0.3 is 5.97 Å². The average molecular weight is 459 g/mol. The average Bonchev–Trinajstić information content (AvgIpc) is 2.75. The number of halogens is 3. The highest BCUT2D eigenvalue weighted by Gasteiger charge is 2.14. The van der Waals surface area contributed by atoms with Gasteiger partial charge in [-0.05, 0) is 59.7 Å². The van der Waals surface area contributed by atoms with E-state index in [0.29, 0.717) is 26.9 Å². The summed E-state index contributed by atoms with van der Waals surface area (Å²) in [6.07, 6.45) is 1.70. The summed E-state index contributed by atoms with van der Waals surface area (Å²) < 4.78 is 10.8. The van der Waals surface area contributed by atoms with Crippen molar-refractivity contribution in [3.8, 4) is 17.6 Å². The van der Waals surface area contributed by atoms with Crippen LogP contribution in [0.3, 0.4) is 0 Å². The van der Waals surface area contributed by atoms with Gasteiger partial charge in [0.15, 0.2) is 11.5 Å². The van der Waals surface area contributed by atoms with Crippen LogP contribution in [0.2, 0.25) is 15.1 Å². The number of rotatable bonds is 5. The molecule has 3 aromatic carbocycles. The second-order valence-corrected chi connectivity index (χ2v) is 7.36. The molecule has 0 spiro atoms. The lowest BCUT2D eigenvalue weighted by atomic mass is 10.0. The van der Waals surface area contributed by atoms with Crippen LogP contribution in [0, 0.1) is 11.3 Å². The molecule has 0 unspecified atom stereocenters. The Morgan fingerprint density at radius 1 is 0.900 bits per heavy atom. The van der Waals surface area contributed by atoms with Crippen LogP contribution >= 0.6 is 34.8 Å². The first-order valence-corrected chi connectivity index (χ1v) is 9.77. The van der Waals surface area contributed by atoms with Crippen molar-refractivity contribution < 1.29 is 14.3 Å². The van der Waals surface area contributed by atoms with Crippen LogP contribution < -0.4 is 9.47 Å². The highest BCUT2D eigenvalue weighted by Crippen LogP contribution is 2.31. The van der Waals surface area contributed by atoms with Crippen LogP contribution in [0.1, 0.15) is 21.5 Å². The lowest BCUT2D eigenvalue weighted by molar-refractivity contribution is 0.0729. The lowest BCUT2D eigenvalue weighted by Crippen LogP contribution is -2.09. The number of benzene rings is 3. The van der Waals surface area contributed by atoms with Gasteiger partial charge in [0.1, 0.15) is 0 Å². The number of ether oxygens (including phenoxy) is 2. The number of hydrogen-bond donors (Lipinski definition) is 0. The van der Waals surface area contributed by atoms with Crippen molar-refractivity contribution in [3.05, 3.63) is 92.4 Å². The van der Waals surface area contributed by atoms with Crippen molar-refractivity contribution in [1.29, 1.82) is 5.26 Å². The van der Waals surface area contributed by atoms with Gasteiger partial charge in [-0.15, -0.1) is 0 Å². The zero-order valence-corrected chi connectivity index (χ0v) is 17.9. The molecule has 30 heavy (non-hydrogen) atoms. The molecule has 0 aliphatic carbocycles. The largest absolute Gasteiger partial charge is 0.493 e. The molecule has 0 heterocycles. The fourth-order valence-electron chi connectivity index (χ4n) is 2.62. The second-order valence-electron chi connectivity index (χ2n) is 6.11. The summed E-state index contributed by atoms with van der Waals surface area (Å²) in [5, 5.41) is 10.7. The van der Waals surface area contributed by atoms with Gasteiger partial charge in [-0.3, -0.25) is 0 Å². The van der Waals surface area contributed by atoms with E-state index in [2.05, 4.69) is 6.07 Å². The van der Waals surface area contributed by atoms with E-state index in [9.17, 15) is 10.1 Å². The summed E-state index contributed by atoms with van der Waals surface area (Å²) in [6.45, 7) is 0. The first-order chi connectivity index (χ1) is 14.4. The molecule has 3 aromatic rings. The van der Waals surface area contributed by atoms with E-state index in [-0.39, 0.29) is 16.3 Å². The zero-order chi connectivity index (χ0) is 21.7. The van der Waals surface area contributed by atoms with Crippen molar-refractivity contribution in [1.82, 2.24) is 0 Å². The van der Waals surface area contributed by atoms with E-state index >= 15 is 0 Å². The summed E-state index contributed by atoms with van der Waals surface area (Å²) in [4.78, 5) is 12.4. The van der Waals surface area contributed by atoms with Gasteiger partial charge in [-0.25, -0.2) is 4.79 Å². The van der Waals surface area contributed by atoms with Crippen LogP contribution in [0.25, 0.3) is 11.6 Å². The minimum Gasteiger partial charge on any atom is -0.493 e. The number of allylic oxidation sites excluding steroid dienone is 1. The molecule has 0 saturated heterocycles. The smallest absolute Gasteiger partial charge is 0.343 e. The SMILES string of the molecule is COc1cc(C=C(C#N)c2ccc(Cl)cc2)ccc1OC(=O)c1ccc(Cl)c(Cl)c1. The van der Waals surface area contributed by atoms with Crippen LogP contribution in [-0.4, -0.2) is 13.1 Å². The van der Waals surface area contributed by atoms with Gasteiger partial charge in [0.2, 0.25) is 0 Å². The molecule has 0 saturated carbocycles. The van der Waals surface area contributed by atoms with E-state index in [1.54, 1.807) is 48.5 Å². The maximum atomic E-state index is 12.4. The van der Waals surface area contributed by atoms with Crippen LogP contribution in [-0.2, 0) is 0 Å². The van der Waals surface area contributed by atoms with E-state index in [0.717, 1.165) is 5.56 Å². The number of carbonyl (C=O) groups is 1. The van der Waals surface area contributed by atoms with Gasteiger partial charge in [0.25, 0.3) is 0 Å². The van der Waals surface area contributed by atoms with Crippen molar-refractivity contribution in [3.63, 3.8) is 0 Å². The fourth-order valence-corrected chi connectivity index (χ4v) is 3.04. The number of nitriles is 1. The van der Waals surface area contributed by atoms with Crippen LogP contribution in [0.15, 0.2) is 60.7 Å². The van der Waals surface area contributed by atoms with Crippen molar-refractivity contribution >= 4 is 52.4 Å². The summed E-state index contributed by atoms with van der Waals surface area (Å²) in [5.74, 6) is -0.0321. The molecule has 0 fully saturated rings. The standard InChI is InChI=1S/C23H14Cl3NO3/c1-29-22-11-14(10-17(13-27)15-3-6-18(24)7-4-15)2-9-21(22)30-23(28)16-5-8-19(25)20(26)12-16/h2-12H,1H3. The van der Waals surface area contributed by atoms with Gasteiger partial charge in [0, 0.05) is 5.02 Å². The molecule has 3 rings (SSSR count). The Kier molecular flexibility index (Phi) is 7.02. The van der Waals surface area contributed by atoms with Gasteiger partial charge < -0.3 is 9.47 Å². The van der Waals surface area contributed by atoms with Crippen LogP contribution in [0.5, 0.6) is 11.5 Å². The van der Waals surface area contributed by atoms with E-state index in [1.165, 1.54) is 25.3 Å². The Morgan fingerprint density at radius 2 is 1.60 bits per heavy atom. The van der Waals surface area contributed by atoms with Gasteiger partial charge in [-0.1, -0.05) is 53.0 Å². The third-order valence-corrected chi connectivity index (χ3v) is 5.12. The molecule has 0 atom stereocenters. The number of hydrogen-bond acceptors (Lipinski definition) is 4. The van der Waals surface area contributed by atoms with Crippen LogP contribution in [0.4, 0.5) is 0 Å². The quantitative estimate of drug-likeness (QED) is 0.180. The van der Waals surface area contributed by atoms with Gasteiger partial charge in [-0.2, -0.15) is 5.26 Å². The second kappa shape index (κ2) is 9.69. The molecule has 0 bridgehead atoms. The monoisotopic (exact) mass is 457 g/mol. The Balaban J connectivity index is 1.87. The van der Waals surface area contributed by atoms with E-state index in [1.807, 2.05) is 0 Å². The first-order valence-electron chi connectivity index (χ1n) is 8.64. The molecular weight excluding hydrogens is 445 g/mol. The maximum Gasteiger partial charge on any atom is 0.343 e. The minimum absolute atomic E-state index is 0.232. The highest BCUT2D eigenvalue weighted by molar-refractivity contribution is 6.42. The van der Waals surface area contributed by atoms with Crippen molar-refractivity contribution in [2.45, 2.75) is 0 Å². The Hall–Kier alpha value is -2.97. The Bertz CT molecular complexity index is 1170. The highest BCUT2D eigenvalue weighted by atomic mass is 35.5.